The summed E-state index contributed by atoms with van der Waals surface area (Å²) in [7, 11) is -3.29. The number of sulfone groups is 1. The number of piperidine rings is 1. The van der Waals surface area contributed by atoms with Crippen LogP contribution in [0.2, 0.25) is 0 Å². The van der Waals surface area contributed by atoms with Crippen molar-refractivity contribution in [3.63, 3.8) is 0 Å². The van der Waals surface area contributed by atoms with Crippen LogP contribution in [0.15, 0.2) is 29.2 Å². The topological polar surface area (TPSA) is 66.5 Å². The second-order valence-electron chi connectivity index (χ2n) is 7.34. The lowest BCUT2D eigenvalue weighted by molar-refractivity contribution is 0.0607. The molecule has 0 saturated carbocycles. The number of nitrogens with zero attached hydrogens (tertiary/aromatic N) is 1. The lowest BCUT2D eigenvalue weighted by Gasteiger charge is -2.38. The molecule has 1 aromatic rings. The molecule has 1 N–H and O–H groups in total. The zero-order valence-corrected chi connectivity index (χ0v) is 15.2. The molecule has 1 aromatic carbocycles. The van der Waals surface area contributed by atoms with E-state index in [1.165, 1.54) is 6.42 Å². The van der Waals surface area contributed by atoms with E-state index in [0.717, 1.165) is 39.0 Å². The molecule has 0 aromatic heterocycles. The summed E-state index contributed by atoms with van der Waals surface area (Å²) in [4.78, 5) is 14.8. The van der Waals surface area contributed by atoms with Crippen molar-refractivity contribution >= 4 is 15.7 Å². The molecule has 2 aliphatic heterocycles. The van der Waals surface area contributed by atoms with Crippen LogP contribution in [-0.2, 0) is 9.84 Å². The molecule has 132 valence electrons. The van der Waals surface area contributed by atoms with Gasteiger partial charge in [0, 0.05) is 25.2 Å². The Morgan fingerprint density at radius 1 is 1.12 bits per heavy atom. The predicted molar refractivity (Wildman–Crippen MR) is 93.8 cm³/mol. The SMILES string of the molecule is CC(C)S(=O)(=O)c1ccc(C(=O)N2CCC3(CCNC3)CC2)cc1. The van der Waals surface area contributed by atoms with Gasteiger partial charge in [0.1, 0.15) is 0 Å². The van der Waals surface area contributed by atoms with Gasteiger partial charge in [-0.3, -0.25) is 4.79 Å². The second kappa shape index (κ2) is 6.48. The summed E-state index contributed by atoms with van der Waals surface area (Å²) in [6, 6.07) is 6.38. The van der Waals surface area contributed by atoms with Crippen molar-refractivity contribution < 1.29 is 13.2 Å². The number of hydrogen-bond donors (Lipinski definition) is 1. The Bertz CT molecular complexity index is 694. The standard InChI is InChI=1S/C18H26N2O3S/c1-14(2)24(22,23)16-5-3-15(4-6-16)17(21)20-11-8-18(9-12-20)7-10-19-13-18/h3-6,14,19H,7-13H2,1-2H3. The van der Waals surface area contributed by atoms with E-state index in [9.17, 15) is 13.2 Å². The molecule has 0 bridgehead atoms. The van der Waals surface area contributed by atoms with Crippen LogP contribution >= 0.6 is 0 Å². The molecule has 6 heteroatoms. The first-order valence-electron chi connectivity index (χ1n) is 8.68. The molecule has 0 unspecified atom stereocenters. The zero-order chi connectivity index (χ0) is 17.4. The van der Waals surface area contributed by atoms with E-state index in [1.54, 1.807) is 38.1 Å². The molecule has 24 heavy (non-hydrogen) atoms. The number of rotatable bonds is 3. The number of benzene rings is 1. The summed E-state index contributed by atoms with van der Waals surface area (Å²) in [5.41, 5.74) is 0.949. The lowest BCUT2D eigenvalue weighted by atomic mass is 9.78. The Labute approximate surface area is 144 Å². The van der Waals surface area contributed by atoms with Crippen LogP contribution in [0.5, 0.6) is 0 Å². The number of carbonyl (C=O) groups excluding carboxylic acids is 1. The number of carbonyl (C=O) groups is 1. The van der Waals surface area contributed by atoms with Crippen LogP contribution < -0.4 is 5.32 Å². The number of hydrogen-bond acceptors (Lipinski definition) is 4. The van der Waals surface area contributed by atoms with Gasteiger partial charge >= 0.3 is 0 Å². The summed E-state index contributed by atoms with van der Waals surface area (Å²) < 4.78 is 24.3. The Hall–Kier alpha value is -1.40. The van der Waals surface area contributed by atoms with Crippen molar-refractivity contribution in [2.45, 2.75) is 43.3 Å². The summed E-state index contributed by atoms with van der Waals surface area (Å²) in [6.45, 7) is 7.04. The highest BCUT2D eigenvalue weighted by Gasteiger charge is 2.38. The van der Waals surface area contributed by atoms with Gasteiger partial charge in [-0.1, -0.05) is 0 Å². The van der Waals surface area contributed by atoms with Gasteiger partial charge in [-0.25, -0.2) is 8.42 Å². The summed E-state index contributed by atoms with van der Waals surface area (Å²) in [5.74, 6) is 0.00398. The van der Waals surface area contributed by atoms with E-state index < -0.39 is 15.1 Å². The van der Waals surface area contributed by atoms with Crippen LogP contribution in [0.25, 0.3) is 0 Å². The molecule has 2 saturated heterocycles. The maximum Gasteiger partial charge on any atom is 0.253 e. The van der Waals surface area contributed by atoms with Crippen LogP contribution in [0.4, 0.5) is 0 Å². The first-order chi connectivity index (χ1) is 11.3. The molecule has 1 spiro atoms. The van der Waals surface area contributed by atoms with E-state index in [2.05, 4.69) is 5.32 Å². The Morgan fingerprint density at radius 3 is 2.25 bits per heavy atom. The summed E-state index contributed by atoms with van der Waals surface area (Å²) in [6.07, 6.45) is 3.30. The fourth-order valence-corrected chi connectivity index (χ4v) is 4.71. The van der Waals surface area contributed by atoms with Gasteiger partial charge in [0.2, 0.25) is 0 Å². The van der Waals surface area contributed by atoms with Crippen molar-refractivity contribution in [1.82, 2.24) is 10.2 Å². The maximum atomic E-state index is 12.7. The molecule has 1 amide bonds. The average molecular weight is 350 g/mol. The highest BCUT2D eigenvalue weighted by Crippen LogP contribution is 2.37. The van der Waals surface area contributed by atoms with Gasteiger partial charge < -0.3 is 10.2 Å². The molecule has 2 aliphatic rings. The third-order valence-electron chi connectivity index (χ3n) is 5.49. The van der Waals surface area contributed by atoms with Crippen molar-refractivity contribution in [2.75, 3.05) is 26.2 Å². The first kappa shape index (κ1) is 17.4. The van der Waals surface area contributed by atoms with Gasteiger partial charge in [-0.15, -0.1) is 0 Å². The molecule has 0 aliphatic carbocycles. The lowest BCUT2D eigenvalue weighted by Crippen LogP contribution is -2.44. The monoisotopic (exact) mass is 350 g/mol. The molecule has 5 nitrogen and oxygen atoms in total. The van der Waals surface area contributed by atoms with E-state index in [0.29, 0.717) is 11.0 Å². The predicted octanol–water partition coefficient (Wildman–Crippen LogP) is 2.08. The van der Waals surface area contributed by atoms with Crippen LogP contribution in [0.1, 0.15) is 43.5 Å². The molecular formula is C18H26N2O3S. The van der Waals surface area contributed by atoms with E-state index in [4.69, 9.17) is 0 Å². The summed E-state index contributed by atoms with van der Waals surface area (Å²) >= 11 is 0. The minimum absolute atomic E-state index is 0.00398. The molecule has 3 rings (SSSR count). The highest BCUT2D eigenvalue weighted by atomic mass is 32.2. The normalized spacial score (nSPS) is 20.7. The Morgan fingerprint density at radius 2 is 1.75 bits per heavy atom. The first-order valence-corrected chi connectivity index (χ1v) is 10.2. The Kier molecular flexibility index (Phi) is 4.71. The largest absolute Gasteiger partial charge is 0.339 e. The quantitative estimate of drug-likeness (QED) is 0.906. The van der Waals surface area contributed by atoms with Crippen molar-refractivity contribution in [2.24, 2.45) is 5.41 Å². The van der Waals surface area contributed by atoms with Gasteiger partial charge in [0.25, 0.3) is 5.91 Å². The number of nitrogens with one attached hydrogen (secondary N) is 1. The molecule has 2 heterocycles. The fraction of sp³-hybridized carbons (Fsp3) is 0.611. The molecule has 0 radical (unpaired) electrons. The van der Waals surface area contributed by atoms with E-state index >= 15 is 0 Å². The molecular weight excluding hydrogens is 324 g/mol. The average Bonchev–Trinajstić information content (AvgIpc) is 3.03. The fourth-order valence-electron chi connectivity index (χ4n) is 3.65. The molecule has 2 fully saturated rings. The maximum absolute atomic E-state index is 12.7. The van der Waals surface area contributed by atoms with Crippen LogP contribution in [0.3, 0.4) is 0 Å². The van der Waals surface area contributed by atoms with Crippen LogP contribution in [0, 0.1) is 5.41 Å². The smallest absolute Gasteiger partial charge is 0.253 e. The van der Waals surface area contributed by atoms with Gasteiger partial charge in [-0.05, 0) is 69.3 Å². The number of likely N-dealkylation sites (tertiary alicyclic amines) is 1. The minimum Gasteiger partial charge on any atom is -0.339 e. The van der Waals surface area contributed by atoms with Crippen molar-refractivity contribution in [1.29, 1.82) is 0 Å². The van der Waals surface area contributed by atoms with Gasteiger partial charge in [0.05, 0.1) is 10.1 Å². The van der Waals surface area contributed by atoms with Gasteiger partial charge in [-0.2, -0.15) is 0 Å². The highest BCUT2D eigenvalue weighted by molar-refractivity contribution is 7.92. The Balaban J connectivity index is 1.68. The zero-order valence-electron chi connectivity index (χ0n) is 14.4. The number of amides is 1. The van der Waals surface area contributed by atoms with E-state index in [1.807, 2.05) is 4.90 Å². The summed E-state index contributed by atoms with van der Waals surface area (Å²) in [5, 5.41) is 2.97. The minimum atomic E-state index is -3.29. The van der Waals surface area contributed by atoms with Gasteiger partial charge in [0.15, 0.2) is 9.84 Å². The second-order valence-corrected chi connectivity index (χ2v) is 9.84. The third kappa shape index (κ3) is 3.22. The van der Waals surface area contributed by atoms with Crippen molar-refractivity contribution in [3.05, 3.63) is 29.8 Å². The van der Waals surface area contributed by atoms with Crippen molar-refractivity contribution in [3.8, 4) is 0 Å². The van der Waals surface area contributed by atoms with Crippen LogP contribution in [-0.4, -0.2) is 50.7 Å². The third-order valence-corrected chi connectivity index (χ3v) is 7.66. The molecule has 0 atom stereocenters. The van der Waals surface area contributed by atoms with E-state index in [-0.39, 0.29) is 10.8 Å².